The van der Waals surface area contributed by atoms with Crippen molar-refractivity contribution < 1.29 is 4.79 Å². The fraction of sp³-hybridized carbons (Fsp3) is 0.389. The van der Waals surface area contributed by atoms with E-state index in [1.54, 1.807) is 0 Å². The van der Waals surface area contributed by atoms with Crippen LogP contribution in [0.2, 0.25) is 0 Å². The molecule has 22 heavy (non-hydrogen) atoms. The van der Waals surface area contributed by atoms with Gasteiger partial charge in [-0.2, -0.15) is 0 Å². The van der Waals surface area contributed by atoms with Gasteiger partial charge in [0.25, 0.3) is 0 Å². The number of aromatic nitrogens is 1. The third-order valence-corrected chi connectivity index (χ3v) is 4.15. The highest BCUT2D eigenvalue weighted by Gasteiger charge is 2.30. The van der Waals surface area contributed by atoms with Crippen molar-refractivity contribution in [3.8, 4) is 5.69 Å². The molecular formula is C18H23N3O. The molecule has 0 saturated heterocycles. The standard InChI is InChI=1S/C18H23N3O/c1-4-15-17-10-7-11-20(17)16-9-6-5-8-14(16)12-21(15)18(22)19-13(2)3/h5-11,13,15H,4,12H2,1-3H3,(H,19,22). The van der Waals surface area contributed by atoms with Crippen molar-refractivity contribution in [2.24, 2.45) is 0 Å². The number of nitrogens with one attached hydrogen (secondary N) is 1. The first-order valence-electron chi connectivity index (χ1n) is 7.94. The quantitative estimate of drug-likeness (QED) is 0.898. The molecule has 1 unspecified atom stereocenters. The Morgan fingerprint density at radius 3 is 2.77 bits per heavy atom. The molecule has 1 aromatic heterocycles. The summed E-state index contributed by atoms with van der Waals surface area (Å²) in [6.45, 7) is 6.75. The van der Waals surface area contributed by atoms with Gasteiger partial charge in [0.1, 0.15) is 0 Å². The summed E-state index contributed by atoms with van der Waals surface area (Å²) in [6.07, 6.45) is 2.98. The average Bonchev–Trinajstić information content (AvgIpc) is 2.91. The zero-order valence-electron chi connectivity index (χ0n) is 13.4. The van der Waals surface area contributed by atoms with Gasteiger partial charge in [-0.1, -0.05) is 25.1 Å². The Hall–Kier alpha value is -2.23. The third kappa shape index (κ3) is 2.49. The number of nitrogens with zero attached hydrogens (tertiary/aromatic N) is 2. The minimum atomic E-state index is 0.00584. The average molecular weight is 297 g/mol. The van der Waals surface area contributed by atoms with Crippen LogP contribution < -0.4 is 5.32 Å². The van der Waals surface area contributed by atoms with Crippen LogP contribution >= 0.6 is 0 Å². The zero-order chi connectivity index (χ0) is 15.7. The van der Waals surface area contributed by atoms with Crippen LogP contribution in [-0.4, -0.2) is 21.5 Å². The number of carbonyl (C=O) groups excluding carboxylic acids is 1. The van der Waals surface area contributed by atoms with Gasteiger partial charge in [-0.25, -0.2) is 4.79 Å². The Bertz CT molecular complexity index is 674. The number of amides is 2. The summed E-state index contributed by atoms with van der Waals surface area (Å²) in [6, 6.07) is 12.7. The van der Waals surface area contributed by atoms with Gasteiger partial charge in [0, 0.05) is 17.9 Å². The highest BCUT2D eigenvalue weighted by atomic mass is 16.2. The molecule has 116 valence electrons. The van der Waals surface area contributed by atoms with Crippen LogP contribution in [0.5, 0.6) is 0 Å². The van der Waals surface area contributed by atoms with E-state index in [2.05, 4.69) is 47.3 Å². The molecule has 0 aliphatic carbocycles. The zero-order valence-corrected chi connectivity index (χ0v) is 13.4. The van der Waals surface area contributed by atoms with Crippen LogP contribution in [0.15, 0.2) is 42.6 Å². The molecule has 2 aromatic rings. The van der Waals surface area contributed by atoms with Crippen LogP contribution in [0.3, 0.4) is 0 Å². The van der Waals surface area contributed by atoms with Crippen LogP contribution in [-0.2, 0) is 6.54 Å². The molecule has 2 heterocycles. The molecule has 3 rings (SSSR count). The minimum absolute atomic E-state index is 0.00584. The Kier molecular flexibility index (Phi) is 3.92. The minimum Gasteiger partial charge on any atom is -0.336 e. The number of rotatable bonds is 2. The van der Waals surface area contributed by atoms with E-state index in [0.29, 0.717) is 6.54 Å². The van der Waals surface area contributed by atoms with Crippen LogP contribution in [0, 0.1) is 0 Å². The first-order chi connectivity index (χ1) is 10.6. The summed E-state index contributed by atoms with van der Waals surface area (Å²) in [5.74, 6) is 0. The van der Waals surface area contributed by atoms with Gasteiger partial charge in [0.05, 0.1) is 18.3 Å². The predicted octanol–water partition coefficient (Wildman–Crippen LogP) is 3.86. The molecule has 0 bridgehead atoms. The number of benzene rings is 1. The first-order valence-corrected chi connectivity index (χ1v) is 7.94. The monoisotopic (exact) mass is 297 g/mol. The van der Waals surface area contributed by atoms with Gasteiger partial charge in [0.2, 0.25) is 0 Å². The smallest absolute Gasteiger partial charge is 0.318 e. The second kappa shape index (κ2) is 5.87. The predicted molar refractivity (Wildman–Crippen MR) is 88.0 cm³/mol. The summed E-state index contributed by atoms with van der Waals surface area (Å²) < 4.78 is 2.21. The van der Waals surface area contributed by atoms with Gasteiger partial charge in [-0.05, 0) is 44.0 Å². The van der Waals surface area contributed by atoms with Gasteiger partial charge < -0.3 is 14.8 Å². The van der Waals surface area contributed by atoms with Crippen molar-refractivity contribution >= 4 is 6.03 Å². The van der Waals surface area contributed by atoms with Crippen LogP contribution in [0.4, 0.5) is 4.79 Å². The third-order valence-electron chi connectivity index (χ3n) is 4.15. The maximum Gasteiger partial charge on any atom is 0.318 e. The van der Waals surface area contributed by atoms with E-state index < -0.39 is 0 Å². The molecule has 1 aliphatic heterocycles. The maximum atomic E-state index is 12.7. The molecule has 0 saturated carbocycles. The molecule has 1 N–H and O–H groups in total. The topological polar surface area (TPSA) is 37.3 Å². The van der Waals surface area contributed by atoms with Gasteiger partial charge in [-0.15, -0.1) is 0 Å². The van der Waals surface area contributed by atoms with Crippen molar-refractivity contribution in [2.45, 2.75) is 45.8 Å². The lowest BCUT2D eigenvalue weighted by atomic mass is 10.1. The molecule has 1 aromatic carbocycles. The van der Waals surface area contributed by atoms with E-state index in [1.807, 2.05) is 30.9 Å². The van der Waals surface area contributed by atoms with Crippen LogP contribution in [0.1, 0.15) is 44.5 Å². The number of fused-ring (bicyclic) bond motifs is 3. The number of para-hydroxylation sites is 1. The Labute approximate surface area is 131 Å². The lowest BCUT2D eigenvalue weighted by Crippen LogP contribution is -2.44. The van der Waals surface area contributed by atoms with Crippen LogP contribution in [0.25, 0.3) is 5.69 Å². The van der Waals surface area contributed by atoms with Gasteiger partial charge >= 0.3 is 6.03 Å². The van der Waals surface area contributed by atoms with E-state index >= 15 is 0 Å². The summed E-state index contributed by atoms with van der Waals surface area (Å²) in [7, 11) is 0. The molecule has 0 fully saturated rings. The van der Waals surface area contributed by atoms with Crippen molar-refractivity contribution in [1.29, 1.82) is 0 Å². The lowest BCUT2D eigenvalue weighted by Gasteiger charge is -2.30. The van der Waals surface area contributed by atoms with Gasteiger partial charge in [0.15, 0.2) is 0 Å². The van der Waals surface area contributed by atoms with E-state index in [9.17, 15) is 4.79 Å². The van der Waals surface area contributed by atoms with E-state index in [0.717, 1.165) is 6.42 Å². The SMILES string of the molecule is CCC1c2cccn2-c2ccccc2CN1C(=O)NC(C)C. The molecule has 4 nitrogen and oxygen atoms in total. The summed E-state index contributed by atoms with van der Waals surface area (Å²) >= 11 is 0. The molecule has 2 amide bonds. The molecule has 0 radical (unpaired) electrons. The fourth-order valence-corrected chi connectivity index (χ4v) is 3.19. The van der Waals surface area contributed by atoms with Crippen molar-refractivity contribution in [2.75, 3.05) is 0 Å². The Morgan fingerprint density at radius 1 is 1.27 bits per heavy atom. The second-order valence-electron chi connectivity index (χ2n) is 6.09. The summed E-state index contributed by atoms with van der Waals surface area (Å²) in [4.78, 5) is 14.6. The largest absolute Gasteiger partial charge is 0.336 e. The second-order valence-corrected chi connectivity index (χ2v) is 6.09. The molecule has 1 atom stereocenters. The number of urea groups is 1. The van der Waals surface area contributed by atoms with E-state index in [1.165, 1.54) is 16.9 Å². The lowest BCUT2D eigenvalue weighted by molar-refractivity contribution is 0.165. The maximum absolute atomic E-state index is 12.7. The molecule has 0 spiro atoms. The van der Waals surface area contributed by atoms with Crippen molar-refractivity contribution in [3.05, 3.63) is 53.9 Å². The first kappa shape index (κ1) is 14.7. The fourth-order valence-electron chi connectivity index (χ4n) is 3.19. The molecular weight excluding hydrogens is 274 g/mol. The Morgan fingerprint density at radius 2 is 2.05 bits per heavy atom. The van der Waals surface area contributed by atoms with E-state index in [4.69, 9.17) is 0 Å². The molecule has 1 aliphatic rings. The summed E-state index contributed by atoms with van der Waals surface area (Å²) in [5, 5.41) is 3.04. The molecule has 4 heteroatoms. The normalized spacial score (nSPS) is 16.9. The van der Waals surface area contributed by atoms with Crippen molar-refractivity contribution in [3.63, 3.8) is 0 Å². The van der Waals surface area contributed by atoms with E-state index in [-0.39, 0.29) is 18.1 Å². The Balaban J connectivity index is 2.09. The highest BCUT2D eigenvalue weighted by Crippen LogP contribution is 2.33. The van der Waals surface area contributed by atoms with Gasteiger partial charge in [-0.3, -0.25) is 0 Å². The highest BCUT2D eigenvalue weighted by molar-refractivity contribution is 5.75. The number of carbonyl (C=O) groups is 1. The number of hydrogen-bond donors (Lipinski definition) is 1. The summed E-state index contributed by atoms with van der Waals surface area (Å²) in [5.41, 5.74) is 3.52. The number of hydrogen-bond acceptors (Lipinski definition) is 1. The van der Waals surface area contributed by atoms with Crippen molar-refractivity contribution in [1.82, 2.24) is 14.8 Å².